The van der Waals surface area contributed by atoms with Crippen LogP contribution in [0.5, 0.6) is 0 Å². The molecule has 4 heteroatoms. The molecule has 1 aliphatic rings. The summed E-state index contributed by atoms with van der Waals surface area (Å²) in [5.74, 6) is -0.491. The van der Waals surface area contributed by atoms with Gasteiger partial charge < -0.3 is 9.47 Å². The summed E-state index contributed by atoms with van der Waals surface area (Å²) >= 11 is 0. The molecule has 1 fully saturated rings. The van der Waals surface area contributed by atoms with E-state index in [1.54, 1.807) is 0 Å². The van der Waals surface area contributed by atoms with Gasteiger partial charge in [0.2, 0.25) is 0 Å². The molecule has 0 aromatic rings. The third-order valence-corrected chi connectivity index (χ3v) is 4.39. The Hall–Kier alpha value is -0.740. The molecule has 1 saturated heterocycles. The van der Waals surface area contributed by atoms with E-state index < -0.39 is 0 Å². The second-order valence-corrected chi connectivity index (χ2v) is 6.84. The lowest BCUT2D eigenvalue weighted by Crippen LogP contribution is -2.16. The van der Waals surface area contributed by atoms with Crippen molar-refractivity contribution in [1.82, 2.24) is 0 Å². The van der Waals surface area contributed by atoms with E-state index in [4.69, 9.17) is 9.47 Å². The number of ketones is 2. The maximum absolute atomic E-state index is 11.1. The number of hydrogen-bond donors (Lipinski definition) is 0. The highest BCUT2D eigenvalue weighted by atomic mass is 16.6. The highest BCUT2D eigenvalue weighted by molar-refractivity contribution is 6.36. The predicted octanol–water partition coefficient (Wildman–Crippen LogP) is 5.27. The van der Waals surface area contributed by atoms with Gasteiger partial charge in [0.15, 0.2) is 11.6 Å². The maximum atomic E-state index is 11.1. The van der Waals surface area contributed by atoms with Crippen LogP contribution in [0.25, 0.3) is 0 Å². The molecule has 0 radical (unpaired) electrons. The lowest BCUT2D eigenvalue weighted by Gasteiger charge is -2.09. The van der Waals surface area contributed by atoms with Gasteiger partial charge in [0.25, 0.3) is 0 Å². The van der Waals surface area contributed by atoms with E-state index in [-0.39, 0.29) is 11.6 Å². The van der Waals surface area contributed by atoms with Gasteiger partial charge in [-0.1, -0.05) is 77.6 Å². The number of unbranched alkanes of at least 4 members (excludes halogenated alkanes) is 11. The minimum absolute atomic E-state index is 0.202. The Balaban J connectivity index is 0.000000796. The molecule has 1 aliphatic heterocycles. The van der Waals surface area contributed by atoms with Gasteiger partial charge in [-0.25, -0.2) is 0 Å². The SMILES string of the molecule is C1COCCO1.CCCCCCCCCCCCCCC(=O)C(C)=O. The fraction of sp³-hybridized carbons (Fsp3) is 0.905. The lowest BCUT2D eigenvalue weighted by molar-refractivity contribution is -0.135. The molecule has 0 aromatic heterocycles. The molecule has 0 atom stereocenters. The Bertz CT molecular complexity index is 300. The van der Waals surface area contributed by atoms with E-state index in [0.29, 0.717) is 6.42 Å². The smallest absolute Gasteiger partial charge is 0.198 e. The zero-order valence-electron chi connectivity index (χ0n) is 16.7. The van der Waals surface area contributed by atoms with Crippen molar-refractivity contribution in [3.05, 3.63) is 0 Å². The fourth-order valence-corrected chi connectivity index (χ4v) is 2.74. The second kappa shape index (κ2) is 19.6. The maximum Gasteiger partial charge on any atom is 0.198 e. The first-order valence-electron chi connectivity index (χ1n) is 10.4. The minimum atomic E-state index is -0.289. The lowest BCUT2D eigenvalue weighted by atomic mass is 10.0. The zero-order valence-corrected chi connectivity index (χ0v) is 16.7. The zero-order chi connectivity index (χ0) is 18.6. The normalized spacial score (nSPS) is 13.8. The van der Waals surface area contributed by atoms with E-state index in [2.05, 4.69) is 6.92 Å². The Kier molecular flexibility index (Phi) is 19.0. The van der Waals surface area contributed by atoms with Crippen LogP contribution in [0, 0.1) is 0 Å². The van der Waals surface area contributed by atoms with E-state index in [1.165, 1.54) is 71.1 Å². The molecule has 0 N–H and O–H groups in total. The van der Waals surface area contributed by atoms with Crippen LogP contribution < -0.4 is 0 Å². The first-order valence-corrected chi connectivity index (χ1v) is 10.4. The molecule has 0 amide bonds. The molecular weight excluding hydrogens is 316 g/mol. The van der Waals surface area contributed by atoms with Gasteiger partial charge in [0.1, 0.15) is 0 Å². The van der Waals surface area contributed by atoms with Gasteiger partial charge in [-0.05, 0) is 6.42 Å². The Morgan fingerprint density at radius 3 is 1.32 bits per heavy atom. The van der Waals surface area contributed by atoms with Crippen molar-refractivity contribution < 1.29 is 19.1 Å². The van der Waals surface area contributed by atoms with Crippen molar-refractivity contribution in [3.8, 4) is 0 Å². The summed E-state index contributed by atoms with van der Waals surface area (Å²) in [6.07, 6.45) is 15.9. The molecule has 148 valence electrons. The fourth-order valence-electron chi connectivity index (χ4n) is 2.74. The first kappa shape index (κ1) is 24.3. The van der Waals surface area contributed by atoms with Crippen LogP contribution in [0.1, 0.15) is 97.3 Å². The van der Waals surface area contributed by atoms with Crippen LogP contribution >= 0.6 is 0 Å². The average molecular weight is 357 g/mol. The highest BCUT2D eigenvalue weighted by Gasteiger charge is 2.06. The van der Waals surface area contributed by atoms with Gasteiger partial charge in [0, 0.05) is 13.3 Å². The van der Waals surface area contributed by atoms with Crippen LogP contribution in [-0.4, -0.2) is 38.0 Å². The van der Waals surface area contributed by atoms with Crippen molar-refractivity contribution in [2.45, 2.75) is 97.3 Å². The summed E-state index contributed by atoms with van der Waals surface area (Å²) in [4.78, 5) is 21.8. The third-order valence-electron chi connectivity index (χ3n) is 4.39. The number of ether oxygens (including phenoxy) is 2. The van der Waals surface area contributed by atoms with Crippen LogP contribution in [0.3, 0.4) is 0 Å². The molecule has 0 saturated carbocycles. The van der Waals surface area contributed by atoms with Crippen molar-refractivity contribution in [1.29, 1.82) is 0 Å². The Morgan fingerprint density at radius 1 is 0.640 bits per heavy atom. The minimum Gasteiger partial charge on any atom is -0.377 e. The van der Waals surface area contributed by atoms with Gasteiger partial charge >= 0.3 is 0 Å². The summed E-state index contributed by atoms with van der Waals surface area (Å²) < 4.78 is 9.89. The molecule has 1 heterocycles. The van der Waals surface area contributed by atoms with Crippen molar-refractivity contribution in [2.75, 3.05) is 26.4 Å². The largest absolute Gasteiger partial charge is 0.377 e. The number of hydrogen-bond acceptors (Lipinski definition) is 4. The summed E-state index contributed by atoms with van der Waals surface area (Å²) in [5.41, 5.74) is 0. The van der Waals surface area contributed by atoms with Gasteiger partial charge in [-0.3, -0.25) is 9.59 Å². The van der Waals surface area contributed by atoms with Crippen molar-refractivity contribution in [3.63, 3.8) is 0 Å². The van der Waals surface area contributed by atoms with E-state index in [0.717, 1.165) is 39.3 Å². The molecular formula is C21H40O4. The predicted molar refractivity (Wildman–Crippen MR) is 103 cm³/mol. The summed E-state index contributed by atoms with van der Waals surface area (Å²) in [6, 6.07) is 0. The Morgan fingerprint density at radius 2 is 1.00 bits per heavy atom. The molecule has 0 aliphatic carbocycles. The van der Waals surface area contributed by atoms with Gasteiger partial charge in [-0.15, -0.1) is 0 Å². The van der Waals surface area contributed by atoms with Gasteiger partial charge in [0.05, 0.1) is 26.4 Å². The molecule has 1 rings (SSSR count). The topological polar surface area (TPSA) is 52.6 Å². The van der Waals surface area contributed by atoms with E-state index in [9.17, 15) is 9.59 Å². The van der Waals surface area contributed by atoms with Crippen LogP contribution in [0.4, 0.5) is 0 Å². The molecule has 0 aromatic carbocycles. The number of Topliss-reactive ketones (excluding diaryl/α,β-unsaturated/α-hetero) is 2. The van der Waals surface area contributed by atoms with Gasteiger partial charge in [-0.2, -0.15) is 0 Å². The molecule has 4 nitrogen and oxygen atoms in total. The number of rotatable bonds is 14. The van der Waals surface area contributed by atoms with Crippen molar-refractivity contribution >= 4 is 11.6 Å². The van der Waals surface area contributed by atoms with E-state index >= 15 is 0 Å². The highest BCUT2D eigenvalue weighted by Crippen LogP contribution is 2.12. The Labute approximate surface area is 155 Å². The third kappa shape index (κ3) is 19.4. The molecule has 0 bridgehead atoms. The van der Waals surface area contributed by atoms with E-state index in [1.807, 2.05) is 0 Å². The van der Waals surface area contributed by atoms with Crippen molar-refractivity contribution in [2.24, 2.45) is 0 Å². The summed E-state index contributed by atoms with van der Waals surface area (Å²) in [7, 11) is 0. The molecule has 0 spiro atoms. The van der Waals surface area contributed by atoms with Crippen LogP contribution in [0.2, 0.25) is 0 Å². The summed E-state index contributed by atoms with van der Waals surface area (Å²) in [6.45, 7) is 6.73. The quantitative estimate of drug-likeness (QED) is 0.314. The number of carbonyl (C=O) groups excluding carboxylic acids is 2. The summed E-state index contributed by atoms with van der Waals surface area (Å²) in [5, 5.41) is 0. The monoisotopic (exact) mass is 356 g/mol. The first-order chi connectivity index (χ1) is 12.2. The second-order valence-electron chi connectivity index (χ2n) is 6.84. The molecule has 25 heavy (non-hydrogen) atoms. The number of carbonyl (C=O) groups is 2. The molecule has 0 unspecified atom stereocenters. The van der Waals surface area contributed by atoms with Crippen LogP contribution in [-0.2, 0) is 19.1 Å². The average Bonchev–Trinajstić information content (AvgIpc) is 2.64. The standard InChI is InChI=1S/C17H32O2.C4H8O2/c1-3-4-5-6-7-8-9-10-11-12-13-14-15-17(19)16(2)18;1-2-6-4-3-5-1/h3-15H2,1-2H3;1-4H2. The van der Waals surface area contributed by atoms with Crippen LogP contribution in [0.15, 0.2) is 0 Å².